The van der Waals surface area contributed by atoms with Crippen molar-refractivity contribution in [2.24, 2.45) is 5.73 Å². The van der Waals surface area contributed by atoms with Gasteiger partial charge < -0.3 is 5.73 Å². The summed E-state index contributed by atoms with van der Waals surface area (Å²) in [6.07, 6.45) is 1.83. The Balaban J connectivity index is 3.25. The van der Waals surface area contributed by atoms with Gasteiger partial charge in [-0.15, -0.1) is 0 Å². The van der Waals surface area contributed by atoms with Crippen molar-refractivity contribution in [3.63, 3.8) is 0 Å². The van der Waals surface area contributed by atoms with Crippen LogP contribution in [0, 0.1) is 13.8 Å². The van der Waals surface area contributed by atoms with Crippen molar-refractivity contribution < 1.29 is 0 Å². The Morgan fingerprint density at radius 3 is 2.73 bits per heavy atom. The summed E-state index contributed by atoms with van der Waals surface area (Å²) in [5.41, 5.74) is 8.75. The summed E-state index contributed by atoms with van der Waals surface area (Å²) in [5.74, 6) is 0. The van der Waals surface area contributed by atoms with Gasteiger partial charge in [0.2, 0.25) is 0 Å². The third-order valence-electron chi connectivity index (χ3n) is 1.72. The molecule has 0 aliphatic rings. The van der Waals surface area contributed by atoms with E-state index < -0.39 is 0 Å². The summed E-state index contributed by atoms with van der Waals surface area (Å²) in [7, 11) is 0. The van der Waals surface area contributed by atoms with Crippen LogP contribution in [0.4, 0.5) is 0 Å². The second-order valence-corrected chi connectivity index (χ2v) is 3.32. The van der Waals surface area contributed by atoms with Crippen molar-refractivity contribution in [3.8, 4) is 0 Å². The summed E-state index contributed by atoms with van der Waals surface area (Å²) in [6, 6.07) is 0. The number of hydrogen-bond acceptors (Lipinski definition) is 2. The molecule has 1 heterocycles. The van der Waals surface area contributed by atoms with Crippen molar-refractivity contribution in [3.05, 3.63) is 27.5 Å². The minimum atomic E-state index is 0.505. The van der Waals surface area contributed by atoms with Crippen LogP contribution in [0.15, 0.2) is 10.7 Å². The van der Waals surface area contributed by atoms with E-state index in [1.807, 2.05) is 20.0 Å². The molecule has 1 rings (SSSR count). The Kier molecular flexibility index (Phi) is 2.62. The van der Waals surface area contributed by atoms with Gasteiger partial charge in [0.25, 0.3) is 0 Å². The van der Waals surface area contributed by atoms with Crippen molar-refractivity contribution in [1.82, 2.24) is 4.98 Å². The Hall–Kier alpha value is -0.410. The van der Waals surface area contributed by atoms with E-state index in [4.69, 9.17) is 5.73 Å². The lowest BCUT2D eigenvalue weighted by Gasteiger charge is -2.05. The number of nitrogens with two attached hydrogens (primary N) is 1. The van der Waals surface area contributed by atoms with Gasteiger partial charge >= 0.3 is 0 Å². The third kappa shape index (κ3) is 1.60. The fraction of sp³-hybridized carbons (Fsp3) is 0.375. The van der Waals surface area contributed by atoms with Gasteiger partial charge in [-0.3, -0.25) is 4.98 Å². The van der Waals surface area contributed by atoms with Crippen LogP contribution in [0.3, 0.4) is 0 Å². The smallest absolute Gasteiger partial charge is 0.0580 e. The van der Waals surface area contributed by atoms with E-state index in [2.05, 4.69) is 20.9 Å². The normalized spacial score (nSPS) is 10.2. The van der Waals surface area contributed by atoms with E-state index in [9.17, 15) is 0 Å². The van der Waals surface area contributed by atoms with Crippen LogP contribution in [-0.4, -0.2) is 4.98 Å². The molecule has 0 aliphatic carbocycles. The first-order valence-corrected chi connectivity index (χ1v) is 4.26. The fourth-order valence-corrected chi connectivity index (χ4v) is 1.29. The molecule has 2 nitrogen and oxygen atoms in total. The van der Waals surface area contributed by atoms with Gasteiger partial charge in [0.05, 0.1) is 5.69 Å². The van der Waals surface area contributed by atoms with Gasteiger partial charge in [-0.1, -0.05) is 15.9 Å². The molecule has 0 saturated carbocycles. The molecule has 0 radical (unpaired) electrons. The van der Waals surface area contributed by atoms with Crippen LogP contribution < -0.4 is 5.73 Å². The highest BCUT2D eigenvalue weighted by molar-refractivity contribution is 9.10. The van der Waals surface area contributed by atoms with Gasteiger partial charge in [-0.2, -0.15) is 0 Å². The van der Waals surface area contributed by atoms with E-state index in [-0.39, 0.29) is 0 Å². The first-order valence-electron chi connectivity index (χ1n) is 3.47. The largest absolute Gasteiger partial charge is 0.325 e. The van der Waals surface area contributed by atoms with Crippen LogP contribution in [0.2, 0.25) is 0 Å². The molecule has 0 amide bonds. The molecule has 11 heavy (non-hydrogen) atoms. The van der Waals surface area contributed by atoms with Crippen LogP contribution in [0.1, 0.15) is 16.8 Å². The van der Waals surface area contributed by atoms with Gasteiger partial charge in [-0.05, 0) is 25.0 Å². The van der Waals surface area contributed by atoms with E-state index in [0.717, 1.165) is 21.3 Å². The molecular formula is C8H11BrN2. The maximum atomic E-state index is 5.49. The second kappa shape index (κ2) is 3.32. The van der Waals surface area contributed by atoms with E-state index in [0.29, 0.717) is 6.54 Å². The molecule has 60 valence electrons. The number of halogens is 1. The minimum absolute atomic E-state index is 0.505. The maximum absolute atomic E-state index is 5.49. The molecule has 1 aromatic rings. The number of pyridine rings is 1. The maximum Gasteiger partial charge on any atom is 0.0580 e. The average Bonchev–Trinajstić information content (AvgIpc) is 2.01. The van der Waals surface area contributed by atoms with Gasteiger partial charge in [0.15, 0.2) is 0 Å². The summed E-state index contributed by atoms with van der Waals surface area (Å²) in [4.78, 5) is 4.20. The lowest BCUT2D eigenvalue weighted by atomic mass is 10.2. The summed E-state index contributed by atoms with van der Waals surface area (Å²) in [6.45, 7) is 4.54. The SMILES string of the molecule is Cc1cnc(CN)c(C)c1Br. The minimum Gasteiger partial charge on any atom is -0.325 e. The fourth-order valence-electron chi connectivity index (χ4n) is 0.956. The van der Waals surface area contributed by atoms with E-state index in [1.54, 1.807) is 0 Å². The molecule has 3 heteroatoms. The molecule has 0 atom stereocenters. The van der Waals surface area contributed by atoms with Crippen molar-refractivity contribution in [1.29, 1.82) is 0 Å². The molecule has 0 aliphatic heterocycles. The zero-order valence-corrected chi connectivity index (χ0v) is 8.27. The number of aromatic nitrogens is 1. The van der Waals surface area contributed by atoms with Crippen LogP contribution in [0.25, 0.3) is 0 Å². The monoisotopic (exact) mass is 214 g/mol. The summed E-state index contributed by atoms with van der Waals surface area (Å²) < 4.78 is 1.12. The first kappa shape index (κ1) is 8.68. The Morgan fingerprint density at radius 1 is 1.55 bits per heavy atom. The summed E-state index contributed by atoms with van der Waals surface area (Å²) in [5, 5.41) is 0. The number of rotatable bonds is 1. The predicted molar refractivity (Wildman–Crippen MR) is 49.3 cm³/mol. The molecule has 0 saturated heterocycles. The molecular weight excluding hydrogens is 204 g/mol. The standard InChI is InChI=1S/C8H11BrN2/c1-5-4-11-7(3-10)6(2)8(5)9/h4H,3,10H2,1-2H3. The lowest BCUT2D eigenvalue weighted by Crippen LogP contribution is -2.03. The Bertz CT molecular complexity index is 271. The third-order valence-corrected chi connectivity index (χ3v) is 2.94. The number of hydrogen-bond donors (Lipinski definition) is 1. The zero-order chi connectivity index (χ0) is 8.43. The van der Waals surface area contributed by atoms with Gasteiger partial charge in [0, 0.05) is 17.2 Å². The highest BCUT2D eigenvalue weighted by Gasteiger charge is 2.03. The number of nitrogens with zero attached hydrogens (tertiary/aromatic N) is 1. The zero-order valence-electron chi connectivity index (χ0n) is 6.69. The highest BCUT2D eigenvalue weighted by atomic mass is 79.9. The van der Waals surface area contributed by atoms with Crippen molar-refractivity contribution in [2.45, 2.75) is 20.4 Å². The van der Waals surface area contributed by atoms with Crippen LogP contribution >= 0.6 is 15.9 Å². The molecule has 0 aromatic carbocycles. The topological polar surface area (TPSA) is 38.9 Å². The Labute approximate surface area is 75.0 Å². The van der Waals surface area contributed by atoms with E-state index in [1.165, 1.54) is 0 Å². The van der Waals surface area contributed by atoms with Gasteiger partial charge in [-0.25, -0.2) is 0 Å². The quantitative estimate of drug-likeness (QED) is 0.777. The average molecular weight is 215 g/mol. The second-order valence-electron chi connectivity index (χ2n) is 2.53. The molecule has 0 fully saturated rings. The van der Waals surface area contributed by atoms with Gasteiger partial charge in [0.1, 0.15) is 0 Å². The van der Waals surface area contributed by atoms with Crippen LogP contribution in [-0.2, 0) is 6.54 Å². The lowest BCUT2D eigenvalue weighted by molar-refractivity contribution is 0.956. The molecule has 1 aromatic heterocycles. The molecule has 0 unspecified atom stereocenters. The van der Waals surface area contributed by atoms with E-state index >= 15 is 0 Å². The first-order chi connectivity index (χ1) is 5.16. The van der Waals surface area contributed by atoms with Crippen molar-refractivity contribution in [2.75, 3.05) is 0 Å². The molecule has 0 bridgehead atoms. The molecule has 0 spiro atoms. The highest BCUT2D eigenvalue weighted by Crippen LogP contribution is 2.21. The predicted octanol–water partition coefficient (Wildman–Crippen LogP) is 1.92. The van der Waals surface area contributed by atoms with Crippen LogP contribution in [0.5, 0.6) is 0 Å². The summed E-state index contributed by atoms with van der Waals surface area (Å²) >= 11 is 3.48. The van der Waals surface area contributed by atoms with Crippen molar-refractivity contribution >= 4 is 15.9 Å². The molecule has 2 N–H and O–H groups in total. The Morgan fingerprint density at radius 2 is 2.18 bits per heavy atom. The number of aryl methyl sites for hydroxylation is 1.